The quantitative estimate of drug-likeness (QED) is 0.825. The zero-order valence-corrected chi connectivity index (χ0v) is 10.0. The summed E-state index contributed by atoms with van der Waals surface area (Å²) in [6, 6.07) is 7.08. The van der Waals surface area contributed by atoms with Gasteiger partial charge in [-0.1, -0.05) is 0 Å². The van der Waals surface area contributed by atoms with Crippen LogP contribution in [0.15, 0.2) is 36.7 Å². The fourth-order valence-electron chi connectivity index (χ4n) is 2.40. The van der Waals surface area contributed by atoms with Gasteiger partial charge >= 0.3 is 0 Å². The summed E-state index contributed by atoms with van der Waals surface area (Å²) in [5, 5.41) is 0. The van der Waals surface area contributed by atoms with E-state index in [0.29, 0.717) is 6.61 Å². The number of rotatable bonds is 3. The second kappa shape index (κ2) is 4.77. The smallest absolute Gasteiger partial charge is 0.126 e. The molecule has 92 valence electrons. The van der Waals surface area contributed by atoms with Crippen LogP contribution in [-0.2, 0) is 19.4 Å². The van der Waals surface area contributed by atoms with E-state index in [1.54, 1.807) is 18.5 Å². The molecule has 3 rings (SSSR count). The van der Waals surface area contributed by atoms with Crippen molar-refractivity contribution in [2.45, 2.75) is 25.9 Å². The highest BCUT2D eigenvalue weighted by molar-refractivity contribution is 5.44. The standard InChI is InChI=1S/C15H14FNO/c16-14-4-5-15(13-3-1-2-12(13)14)18-10-11-6-8-17-9-7-11/h4-9H,1-3,10H2. The molecular weight excluding hydrogens is 229 g/mol. The van der Waals surface area contributed by atoms with E-state index in [4.69, 9.17) is 4.74 Å². The normalized spacial score (nSPS) is 13.4. The van der Waals surface area contributed by atoms with E-state index in [2.05, 4.69) is 4.98 Å². The van der Waals surface area contributed by atoms with Gasteiger partial charge in [0.1, 0.15) is 18.2 Å². The van der Waals surface area contributed by atoms with Crippen LogP contribution in [0.5, 0.6) is 5.75 Å². The molecule has 1 heterocycles. The Kier molecular flexibility index (Phi) is 2.97. The first-order valence-electron chi connectivity index (χ1n) is 6.16. The molecule has 1 aliphatic carbocycles. The molecular formula is C15H14FNO. The van der Waals surface area contributed by atoms with E-state index >= 15 is 0 Å². The molecule has 3 heteroatoms. The molecule has 0 radical (unpaired) electrons. The van der Waals surface area contributed by atoms with Gasteiger partial charge in [-0.15, -0.1) is 0 Å². The number of nitrogens with zero attached hydrogens (tertiary/aromatic N) is 1. The highest BCUT2D eigenvalue weighted by Gasteiger charge is 2.19. The van der Waals surface area contributed by atoms with Crippen LogP contribution in [-0.4, -0.2) is 4.98 Å². The minimum atomic E-state index is -0.0984. The van der Waals surface area contributed by atoms with Crippen LogP contribution in [0, 0.1) is 5.82 Å². The topological polar surface area (TPSA) is 22.1 Å². The van der Waals surface area contributed by atoms with Gasteiger partial charge in [-0.05, 0) is 54.7 Å². The summed E-state index contributed by atoms with van der Waals surface area (Å²) in [5.74, 6) is 0.722. The lowest BCUT2D eigenvalue weighted by atomic mass is 10.1. The Morgan fingerprint density at radius 3 is 2.67 bits per heavy atom. The fourth-order valence-corrected chi connectivity index (χ4v) is 2.40. The van der Waals surface area contributed by atoms with Gasteiger partial charge in [-0.25, -0.2) is 4.39 Å². The molecule has 0 N–H and O–H groups in total. The Morgan fingerprint density at radius 1 is 1.06 bits per heavy atom. The number of ether oxygens (including phenoxy) is 1. The van der Waals surface area contributed by atoms with Crippen LogP contribution >= 0.6 is 0 Å². The Hall–Kier alpha value is -1.90. The Balaban J connectivity index is 1.80. The van der Waals surface area contributed by atoms with Crippen molar-refractivity contribution in [3.63, 3.8) is 0 Å². The van der Waals surface area contributed by atoms with E-state index in [1.807, 2.05) is 12.1 Å². The Labute approximate surface area is 105 Å². The number of pyridine rings is 1. The lowest BCUT2D eigenvalue weighted by molar-refractivity contribution is 0.302. The first kappa shape index (κ1) is 11.2. The second-order valence-electron chi connectivity index (χ2n) is 4.50. The Morgan fingerprint density at radius 2 is 1.83 bits per heavy atom. The lowest BCUT2D eigenvalue weighted by Gasteiger charge is -2.11. The van der Waals surface area contributed by atoms with Gasteiger partial charge in [0, 0.05) is 18.0 Å². The van der Waals surface area contributed by atoms with Gasteiger partial charge in [0.2, 0.25) is 0 Å². The van der Waals surface area contributed by atoms with Gasteiger partial charge in [0.25, 0.3) is 0 Å². The van der Waals surface area contributed by atoms with Crippen LogP contribution in [0.25, 0.3) is 0 Å². The van der Waals surface area contributed by atoms with Gasteiger partial charge in [-0.2, -0.15) is 0 Å². The van der Waals surface area contributed by atoms with Crippen LogP contribution in [0.3, 0.4) is 0 Å². The largest absolute Gasteiger partial charge is 0.489 e. The molecule has 0 atom stereocenters. The van der Waals surface area contributed by atoms with E-state index in [1.165, 1.54) is 6.07 Å². The van der Waals surface area contributed by atoms with Crippen LogP contribution in [0.2, 0.25) is 0 Å². The third-order valence-electron chi connectivity index (χ3n) is 3.33. The molecule has 0 unspecified atom stereocenters. The molecule has 0 aliphatic heterocycles. The molecule has 2 nitrogen and oxygen atoms in total. The molecule has 0 saturated heterocycles. The van der Waals surface area contributed by atoms with Gasteiger partial charge in [0.15, 0.2) is 0 Å². The van der Waals surface area contributed by atoms with Crippen molar-refractivity contribution in [3.8, 4) is 5.75 Å². The van der Waals surface area contributed by atoms with E-state index in [0.717, 1.165) is 41.7 Å². The molecule has 1 aliphatic rings. The van der Waals surface area contributed by atoms with Crippen molar-refractivity contribution < 1.29 is 9.13 Å². The van der Waals surface area contributed by atoms with E-state index in [-0.39, 0.29) is 5.82 Å². The van der Waals surface area contributed by atoms with Crippen molar-refractivity contribution in [2.24, 2.45) is 0 Å². The highest BCUT2D eigenvalue weighted by Crippen LogP contribution is 2.32. The SMILES string of the molecule is Fc1ccc(OCc2ccncc2)c2c1CCC2. The fraction of sp³-hybridized carbons (Fsp3) is 0.267. The van der Waals surface area contributed by atoms with Gasteiger partial charge in [-0.3, -0.25) is 4.98 Å². The molecule has 1 aromatic heterocycles. The number of aromatic nitrogens is 1. The average Bonchev–Trinajstić information content (AvgIpc) is 2.90. The molecule has 0 amide bonds. The molecule has 0 fully saturated rings. The number of benzene rings is 1. The third-order valence-corrected chi connectivity index (χ3v) is 3.33. The van der Waals surface area contributed by atoms with Gasteiger partial charge < -0.3 is 4.74 Å². The van der Waals surface area contributed by atoms with Crippen LogP contribution in [0.1, 0.15) is 23.1 Å². The molecule has 0 spiro atoms. The summed E-state index contributed by atoms with van der Waals surface area (Å²) >= 11 is 0. The van der Waals surface area contributed by atoms with Crippen LogP contribution < -0.4 is 4.74 Å². The minimum Gasteiger partial charge on any atom is -0.489 e. The number of halogens is 1. The monoisotopic (exact) mass is 243 g/mol. The summed E-state index contributed by atoms with van der Waals surface area (Å²) in [6.07, 6.45) is 6.25. The maximum atomic E-state index is 13.6. The minimum absolute atomic E-state index is 0.0984. The highest BCUT2D eigenvalue weighted by atomic mass is 19.1. The predicted octanol–water partition coefficient (Wildman–Crippen LogP) is 3.29. The van der Waals surface area contributed by atoms with Gasteiger partial charge in [0.05, 0.1) is 0 Å². The summed E-state index contributed by atoms with van der Waals surface area (Å²) in [4.78, 5) is 3.96. The third kappa shape index (κ3) is 2.08. The zero-order chi connectivity index (χ0) is 12.4. The first-order chi connectivity index (χ1) is 8.84. The molecule has 0 bridgehead atoms. The summed E-state index contributed by atoms with van der Waals surface area (Å²) in [7, 11) is 0. The molecule has 18 heavy (non-hydrogen) atoms. The molecule has 1 aromatic carbocycles. The maximum absolute atomic E-state index is 13.6. The summed E-state index contributed by atoms with van der Waals surface area (Å²) in [5.41, 5.74) is 2.95. The summed E-state index contributed by atoms with van der Waals surface area (Å²) in [6.45, 7) is 0.501. The Bertz CT molecular complexity index is 554. The zero-order valence-electron chi connectivity index (χ0n) is 10.0. The number of hydrogen-bond acceptors (Lipinski definition) is 2. The average molecular weight is 243 g/mol. The number of fused-ring (bicyclic) bond motifs is 1. The lowest BCUT2D eigenvalue weighted by Crippen LogP contribution is -1.99. The van der Waals surface area contributed by atoms with Crippen molar-refractivity contribution in [2.75, 3.05) is 0 Å². The van der Waals surface area contributed by atoms with Crippen LogP contribution in [0.4, 0.5) is 4.39 Å². The maximum Gasteiger partial charge on any atom is 0.126 e. The van der Waals surface area contributed by atoms with Crippen molar-refractivity contribution >= 4 is 0 Å². The van der Waals surface area contributed by atoms with Crippen molar-refractivity contribution in [3.05, 3.63) is 59.2 Å². The first-order valence-corrected chi connectivity index (χ1v) is 6.16. The van der Waals surface area contributed by atoms with Crippen molar-refractivity contribution in [1.82, 2.24) is 4.98 Å². The predicted molar refractivity (Wildman–Crippen MR) is 67.0 cm³/mol. The van der Waals surface area contributed by atoms with Crippen molar-refractivity contribution in [1.29, 1.82) is 0 Å². The summed E-state index contributed by atoms with van der Waals surface area (Å²) < 4.78 is 19.4. The number of hydrogen-bond donors (Lipinski definition) is 0. The molecule has 2 aromatic rings. The van der Waals surface area contributed by atoms with E-state index < -0.39 is 0 Å². The van der Waals surface area contributed by atoms with E-state index in [9.17, 15) is 4.39 Å². The second-order valence-corrected chi connectivity index (χ2v) is 4.50. The molecule has 0 saturated carbocycles.